The number of nitrogens with zero attached hydrogens (tertiary/aromatic N) is 1. The summed E-state index contributed by atoms with van der Waals surface area (Å²) >= 11 is 6.09. The SMILES string of the molecule is CCCCCCC[C@H](NC(=O)OCC(C)(C)Cc1cccc(Cl)c1)C(=O)N[C@H](C#N)CC1CCNC1=O. The number of amides is 3. The Morgan fingerprint density at radius 3 is 2.65 bits per heavy atom. The van der Waals surface area contributed by atoms with Crippen molar-refractivity contribution in [2.45, 2.75) is 90.6 Å². The summed E-state index contributed by atoms with van der Waals surface area (Å²) in [6.45, 7) is 6.87. The van der Waals surface area contributed by atoms with Crippen LogP contribution in [-0.2, 0) is 20.7 Å². The lowest BCUT2D eigenvalue weighted by Gasteiger charge is -2.26. The summed E-state index contributed by atoms with van der Waals surface area (Å²) in [6, 6.07) is 8.02. The van der Waals surface area contributed by atoms with E-state index in [0.717, 1.165) is 37.7 Å². The molecule has 3 atom stereocenters. The van der Waals surface area contributed by atoms with E-state index in [1.54, 1.807) is 0 Å². The summed E-state index contributed by atoms with van der Waals surface area (Å²) in [5.74, 6) is -0.822. The third-order valence-corrected chi connectivity index (χ3v) is 6.76. The summed E-state index contributed by atoms with van der Waals surface area (Å²) in [5.41, 5.74) is 0.706. The molecule has 3 N–H and O–H groups in total. The molecule has 204 valence electrons. The summed E-state index contributed by atoms with van der Waals surface area (Å²) in [5, 5.41) is 18.4. The minimum atomic E-state index is -0.821. The van der Waals surface area contributed by atoms with Crippen LogP contribution in [0, 0.1) is 22.7 Å². The molecular formula is C28H41ClN4O4. The maximum Gasteiger partial charge on any atom is 0.407 e. The van der Waals surface area contributed by atoms with Crippen molar-refractivity contribution in [3.05, 3.63) is 34.9 Å². The molecule has 1 aromatic rings. The van der Waals surface area contributed by atoms with Gasteiger partial charge in [0, 0.05) is 22.9 Å². The highest BCUT2D eigenvalue weighted by Crippen LogP contribution is 2.24. The fourth-order valence-electron chi connectivity index (χ4n) is 4.49. The van der Waals surface area contributed by atoms with Crippen molar-refractivity contribution in [1.29, 1.82) is 5.26 Å². The van der Waals surface area contributed by atoms with Gasteiger partial charge in [0.2, 0.25) is 11.8 Å². The first-order valence-corrected chi connectivity index (χ1v) is 13.7. The van der Waals surface area contributed by atoms with Gasteiger partial charge in [-0.05, 0) is 43.4 Å². The number of ether oxygens (including phenoxy) is 1. The largest absolute Gasteiger partial charge is 0.449 e. The number of carbonyl (C=O) groups is 3. The van der Waals surface area contributed by atoms with Crippen molar-refractivity contribution in [2.24, 2.45) is 11.3 Å². The summed E-state index contributed by atoms with van der Waals surface area (Å²) < 4.78 is 5.51. The first-order valence-electron chi connectivity index (χ1n) is 13.3. The monoisotopic (exact) mass is 532 g/mol. The Kier molecular flexibility index (Phi) is 12.7. The highest BCUT2D eigenvalue weighted by atomic mass is 35.5. The zero-order valence-corrected chi connectivity index (χ0v) is 23.0. The number of alkyl carbamates (subject to hydrolysis) is 1. The Hall–Kier alpha value is -2.79. The third kappa shape index (κ3) is 11.4. The highest BCUT2D eigenvalue weighted by molar-refractivity contribution is 6.30. The number of unbranched alkanes of at least 4 members (excludes halogenated alkanes) is 4. The molecule has 0 aromatic heterocycles. The maximum atomic E-state index is 13.1. The Morgan fingerprint density at radius 2 is 2.00 bits per heavy atom. The highest BCUT2D eigenvalue weighted by Gasteiger charge is 2.30. The van der Waals surface area contributed by atoms with Crippen LogP contribution < -0.4 is 16.0 Å². The Bertz CT molecular complexity index is 946. The Balaban J connectivity index is 1.93. The zero-order valence-electron chi connectivity index (χ0n) is 22.3. The van der Waals surface area contributed by atoms with E-state index in [-0.39, 0.29) is 30.3 Å². The van der Waals surface area contributed by atoms with Crippen LogP contribution in [0.2, 0.25) is 5.02 Å². The molecule has 8 nitrogen and oxygen atoms in total. The summed E-state index contributed by atoms with van der Waals surface area (Å²) in [4.78, 5) is 37.6. The predicted octanol–water partition coefficient (Wildman–Crippen LogP) is 4.90. The molecule has 9 heteroatoms. The van der Waals surface area contributed by atoms with Crippen LogP contribution in [0.4, 0.5) is 4.79 Å². The van der Waals surface area contributed by atoms with Gasteiger partial charge >= 0.3 is 6.09 Å². The van der Waals surface area contributed by atoms with Crippen molar-refractivity contribution in [3.8, 4) is 6.07 Å². The van der Waals surface area contributed by atoms with E-state index < -0.39 is 24.1 Å². The quantitative estimate of drug-likeness (QED) is 0.277. The molecule has 37 heavy (non-hydrogen) atoms. The lowest BCUT2D eigenvalue weighted by Crippen LogP contribution is -2.50. The molecular weight excluding hydrogens is 492 g/mol. The summed E-state index contributed by atoms with van der Waals surface area (Å²) in [7, 11) is 0. The van der Waals surface area contributed by atoms with Crippen LogP contribution >= 0.6 is 11.6 Å². The van der Waals surface area contributed by atoms with E-state index in [0.29, 0.717) is 30.8 Å². The minimum absolute atomic E-state index is 0.0935. The van der Waals surface area contributed by atoms with Crippen LogP contribution in [0.5, 0.6) is 0 Å². The van der Waals surface area contributed by atoms with Gasteiger partial charge in [0.05, 0.1) is 12.7 Å². The van der Waals surface area contributed by atoms with E-state index in [1.165, 1.54) is 0 Å². The van der Waals surface area contributed by atoms with Gasteiger partial charge in [-0.15, -0.1) is 0 Å². The number of rotatable bonds is 15. The van der Waals surface area contributed by atoms with Crippen molar-refractivity contribution in [3.63, 3.8) is 0 Å². The van der Waals surface area contributed by atoms with Gasteiger partial charge < -0.3 is 20.7 Å². The average molecular weight is 533 g/mol. The lowest BCUT2D eigenvalue weighted by atomic mass is 9.87. The molecule has 2 rings (SSSR count). The third-order valence-electron chi connectivity index (χ3n) is 6.53. The predicted molar refractivity (Wildman–Crippen MR) is 144 cm³/mol. The van der Waals surface area contributed by atoms with E-state index in [4.69, 9.17) is 16.3 Å². The zero-order chi connectivity index (χ0) is 27.3. The number of nitriles is 1. The van der Waals surface area contributed by atoms with Crippen LogP contribution in [-0.4, -0.2) is 43.1 Å². The van der Waals surface area contributed by atoms with Gasteiger partial charge in [-0.25, -0.2) is 4.79 Å². The molecule has 1 heterocycles. The van der Waals surface area contributed by atoms with E-state index >= 15 is 0 Å². The van der Waals surface area contributed by atoms with Gasteiger partial charge in [-0.3, -0.25) is 9.59 Å². The van der Waals surface area contributed by atoms with Crippen molar-refractivity contribution < 1.29 is 19.1 Å². The van der Waals surface area contributed by atoms with Crippen LogP contribution in [0.1, 0.15) is 77.7 Å². The number of benzene rings is 1. The fraction of sp³-hybridized carbons (Fsp3) is 0.643. The Morgan fingerprint density at radius 1 is 1.24 bits per heavy atom. The molecule has 1 aliphatic rings. The van der Waals surface area contributed by atoms with Gasteiger partial charge in [-0.2, -0.15) is 5.26 Å². The molecule has 0 aliphatic carbocycles. The molecule has 1 aromatic carbocycles. The molecule has 1 saturated heterocycles. The van der Waals surface area contributed by atoms with Crippen molar-refractivity contribution >= 4 is 29.5 Å². The Labute approximate surface area is 225 Å². The topological polar surface area (TPSA) is 120 Å². The second kappa shape index (κ2) is 15.5. The lowest BCUT2D eigenvalue weighted by molar-refractivity contribution is -0.125. The first kappa shape index (κ1) is 30.4. The summed E-state index contributed by atoms with van der Waals surface area (Å²) in [6.07, 6.45) is 6.33. The fourth-order valence-corrected chi connectivity index (χ4v) is 4.70. The minimum Gasteiger partial charge on any atom is -0.449 e. The number of nitrogens with one attached hydrogen (secondary N) is 3. The van der Waals surface area contributed by atoms with Gasteiger partial charge in [-0.1, -0.05) is 76.6 Å². The van der Waals surface area contributed by atoms with Gasteiger partial charge in [0.1, 0.15) is 12.1 Å². The van der Waals surface area contributed by atoms with Crippen molar-refractivity contribution in [1.82, 2.24) is 16.0 Å². The molecule has 0 radical (unpaired) electrons. The number of carbonyl (C=O) groups excluding carboxylic acids is 3. The molecule has 1 fully saturated rings. The van der Waals surface area contributed by atoms with E-state index in [2.05, 4.69) is 28.9 Å². The first-order chi connectivity index (χ1) is 17.6. The molecule has 3 amide bonds. The molecule has 1 unspecified atom stereocenters. The van der Waals surface area contributed by atoms with E-state index in [9.17, 15) is 19.6 Å². The number of hydrogen-bond acceptors (Lipinski definition) is 5. The van der Waals surface area contributed by atoms with Crippen molar-refractivity contribution in [2.75, 3.05) is 13.2 Å². The van der Waals surface area contributed by atoms with Crippen LogP contribution in [0.3, 0.4) is 0 Å². The second-order valence-corrected chi connectivity index (χ2v) is 11.1. The molecule has 0 saturated carbocycles. The molecule has 1 aliphatic heterocycles. The second-order valence-electron chi connectivity index (χ2n) is 10.6. The van der Waals surface area contributed by atoms with Gasteiger partial charge in [0.15, 0.2) is 0 Å². The normalized spacial score (nSPS) is 16.8. The number of hydrogen-bond donors (Lipinski definition) is 3. The molecule has 0 spiro atoms. The van der Waals surface area contributed by atoms with Crippen LogP contribution in [0.25, 0.3) is 0 Å². The van der Waals surface area contributed by atoms with Gasteiger partial charge in [0.25, 0.3) is 0 Å². The standard InChI is InChI=1S/C28H41ClN4O4/c1-4-5-6-7-8-12-24(26(35)32-23(18-30)16-21-13-14-31-25(21)34)33-27(36)37-19-28(2,3)17-20-10-9-11-22(29)15-20/h9-11,15,21,23-24H,4-8,12-14,16-17,19H2,1-3H3,(H,31,34)(H,32,35)(H,33,36)/t21?,23-,24-/m0/s1. The average Bonchev–Trinajstić information content (AvgIpc) is 3.25. The smallest absolute Gasteiger partial charge is 0.407 e. The molecule has 0 bridgehead atoms. The van der Waals surface area contributed by atoms with Crippen LogP contribution in [0.15, 0.2) is 24.3 Å². The number of halogens is 1. The van der Waals surface area contributed by atoms with E-state index in [1.807, 2.05) is 38.1 Å². The maximum absolute atomic E-state index is 13.1.